The van der Waals surface area contributed by atoms with Gasteiger partial charge in [0.05, 0.1) is 12.7 Å². The Kier molecular flexibility index (Phi) is 4.55. The molecule has 0 bridgehead atoms. The van der Waals surface area contributed by atoms with Crippen molar-refractivity contribution in [3.05, 3.63) is 23.8 Å². The van der Waals surface area contributed by atoms with Crippen LogP contribution < -0.4 is 11.1 Å². The maximum absolute atomic E-state index is 13.6. The Hall–Kier alpha value is -1.40. The smallest absolute Gasteiger partial charge is 0.151 e. The van der Waals surface area contributed by atoms with Crippen molar-refractivity contribution in [3.8, 4) is 0 Å². The first-order valence-corrected chi connectivity index (χ1v) is 6.42. The molecule has 0 radical (unpaired) electrons. The number of hydrogen-bond donors (Lipinski definition) is 2. The molecule has 0 aromatic heterocycles. The average Bonchev–Trinajstić information content (AvgIpc) is 2.37. The van der Waals surface area contributed by atoms with Gasteiger partial charge in [0.15, 0.2) is 11.6 Å². The standard InChI is InChI=1S/C13H19F2N3O/c1-2-18-3-4-19-10(8-18)7-17-13-11(14)5-9(16)6-12(13)15/h5-6,10,17H,2-4,7-8,16H2,1H3. The first-order chi connectivity index (χ1) is 9.10. The van der Waals surface area contributed by atoms with Gasteiger partial charge in [0, 0.05) is 25.3 Å². The molecule has 1 fully saturated rings. The van der Waals surface area contributed by atoms with Crippen LogP contribution in [0.3, 0.4) is 0 Å². The molecule has 1 aliphatic heterocycles. The zero-order valence-corrected chi connectivity index (χ0v) is 11.0. The van der Waals surface area contributed by atoms with Gasteiger partial charge in [-0.3, -0.25) is 4.90 Å². The van der Waals surface area contributed by atoms with Gasteiger partial charge in [-0.2, -0.15) is 0 Å². The summed E-state index contributed by atoms with van der Waals surface area (Å²) in [5.41, 5.74) is 5.29. The lowest BCUT2D eigenvalue weighted by atomic mass is 10.2. The zero-order chi connectivity index (χ0) is 13.8. The van der Waals surface area contributed by atoms with Crippen molar-refractivity contribution in [2.75, 3.05) is 43.8 Å². The fourth-order valence-corrected chi connectivity index (χ4v) is 2.17. The molecule has 0 aliphatic carbocycles. The van der Waals surface area contributed by atoms with E-state index in [-0.39, 0.29) is 17.5 Å². The van der Waals surface area contributed by atoms with Crippen molar-refractivity contribution in [1.82, 2.24) is 4.90 Å². The van der Waals surface area contributed by atoms with Gasteiger partial charge >= 0.3 is 0 Å². The number of nitrogens with zero attached hydrogens (tertiary/aromatic N) is 1. The van der Waals surface area contributed by atoms with E-state index in [0.29, 0.717) is 13.2 Å². The molecule has 1 aromatic carbocycles. The number of rotatable bonds is 4. The second-order valence-electron chi connectivity index (χ2n) is 4.63. The van der Waals surface area contributed by atoms with E-state index < -0.39 is 11.6 Å². The minimum absolute atomic E-state index is 0.0648. The summed E-state index contributed by atoms with van der Waals surface area (Å²) in [6.45, 7) is 5.71. The minimum Gasteiger partial charge on any atom is -0.399 e. The molecule has 1 saturated heterocycles. The molecule has 1 aromatic rings. The monoisotopic (exact) mass is 271 g/mol. The van der Waals surface area contributed by atoms with Crippen LogP contribution in [0.5, 0.6) is 0 Å². The Balaban J connectivity index is 1.95. The van der Waals surface area contributed by atoms with Gasteiger partial charge in [-0.25, -0.2) is 8.78 Å². The number of hydrogen-bond acceptors (Lipinski definition) is 4. The topological polar surface area (TPSA) is 50.5 Å². The van der Waals surface area contributed by atoms with Crippen molar-refractivity contribution in [3.63, 3.8) is 0 Å². The maximum Gasteiger partial charge on any atom is 0.151 e. The highest BCUT2D eigenvalue weighted by molar-refractivity contribution is 5.54. The van der Waals surface area contributed by atoms with E-state index in [1.165, 1.54) is 0 Å². The molecule has 1 unspecified atom stereocenters. The van der Waals surface area contributed by atoms with E-state index in [1.54, 1.807) is 0 Å². The number of benzene rings is 1. The number of morpholine rings is 1. The molecular formula is C13H19F2N3O. The van der Waals surface area contributed by atoms with Crippen molar-refractivity contribution in [2.24, 2.45) is 0 Å². The summed E-state index contributed by atoms with van der Waals surface area (Å²) >= 11 is 0. The molecule has 1 atom stereocenters. The van der Waals surface area contributed by atoms with Crippen molar-refractivity contribution in [2.45, 2.75) is 13.0 Å². The highest BCUT2D eigenvalue weighted by Crippen LogP contribution is 2.22. The van der Waals surface area contributed by atoms with Crippen molar-refractivity contribution >= 4 is 11.4 Å². The van der Waals surface area contributed by atoms with Crippen molar-refractivity contribution in [1.29, 1.82) is 0 Å². The number of nitrogens with one attached hydrogen (secondary N) is 1. The lowest BCUT2D eigenvalue weighted by molar-refractivity contribution is -0.0192. The van der Waals surface area contributed by atoms with Crippen LogP contribution in [0.15, 0.2) is 12.1 Å². The summed E-state index contributed by atoms with van der Waals surface area (Å²) in [6.07, 6.45) is -0.0648. The van der Waals surface area contributed by atoms with E-state index in [0.717, 1.165) is 31.8 Å². The molecule has 0 spiro atoms. The third kappa shape index (κ3) is 3.54. The van der Waals surface area contributed by atoms with E-state index >= 15 is 0 Å². The normalized spacial score (nSPS) is 20.5. The van der Waals surface area contributed by atoms with E-state index in [9.17, 15) is 8.78 Å². The Morgan fingerprint density at radius 3 is 2.74 bits per heavy atom. The third-order valence-electron chi connectivity index (χ3n) is 3.24. The number of nitrogens with two attached hydrogens (primary N) is 1. The summed E-state index contributed by atoms with van der Waals surface area (Å²) in [6, 6.07) is 2.21. The summed E-state index contributed by atoms with van der Waals surface area (Å²) in [7, 11) is 0. The second-order valence-corrected chi connectivity index (χ2v) is 4.63. The quantitative estimate of drug-likeness (QED) is 0.818. The van der Waals surface area contributed by atoms with Crippen LogP contribution in [0.2, 0.25) is 0 Å². The first-order valence-electron chi connectivity index (χ1n) is 6.42. The lowest BCUT2D eigenvalue weighted by Crippen LogP contribution is -2.45. The number of ether oxygens (including phenoxy) is 1. The van der Waals surface area contributed by atoms with Crippen LogP contribution in [0, 0.1) is 11.6 Å². The van der Waals surface area contributed by atoms with Crippen LogP contribution >= 0.6 is 0 Å². The van der Waals surface area contributed by atoms with Gasteiger partial charge in [-0.05, 0) is 18.7 Å². The second kappa shape index (κ2) is 6.16. The van der Waals surface area contributed by atoms with Gasteiger partial charge in [0.1, 0.15) is 5.69 Å². The van der Waals surface area contributed by atoms with Crippen LogP contribution in [0.25, 0.3) is 0 Å². The van der Waals surface area contributed by atoms with Gasteiger partial charge in [0.25, 0.3) is 0 Å². The molecule has 1 heterocycles. The van der Waals surface area contributed by atoms with Gasteiger partial charge in [0.2, 0.25) is 0 Å². The predicted molar refractivity (Wildman–Crippen MR) is 71.1 cm³/mol. The molecule has 6 heteroatoms. The molecule has 2 rings (SSSR count). The first kappa shape index (κ1) is 14.0. The molecule has 0 saturated carbocycles. The van der Waals surface area contributed by atoms with Crippen molar-refractivity contribution < 1.29 is 13.5 Å². The highest BCUT2D eigenvalue weighted by atomic mass is 19.1. The third-order valence-corrected chi connectivity index (χ3v) is 3.24. The summed E-state index contributed by atoms with van der Waals surface area (Å²) in [5.74, 6) is -1.36. The highest BCUT2D eigenvalue weighted by Gasteiger charge is 2.20. The Labute approximate surface area is 111 Å². The van der Waals surface area contributed by atoms with Crippen LogP contribution in [-0.2, 0) is 4.74 Å². The Bertz CT molecular complexity index is 419. The van der Waals surface area contributed by atoms with E-state index in [2.05, 4.69) is 17.1 Å². The van der Waals surface area contributed by atoms with Gasteiger partial charge < -0.3 is 15.8 Å². The molecule has 106 valence electrons. The van der Waals surface area contributed by atoms with Gasteiger partial charge in [-0.1, -0.05) is 6.92 Å². The SMILES string of the molecule is CCN1CCOC(CNc2c(F)cc(N)cc2F)C1. The molecule has 3 N–H and O–H groups in total. The molecule has 1 aliphatic rings. The number of likely N-dealkylation sites (N-methyl/N-ethyl adjacent to an activating group) is 1. The molecular weight excluding hydrogens is 252 g/mol. The van der Waals surface area contributed by atoms with E-state index in [4.69, 9.17) is 10.5 Å². The summed E-state index contributed by atoms with van der Waals surface area (Å²) in [4.78, 5) is 2.24. The molecule has 19 heavy (non-hydrogen) atoms. The van der Waals surface area contributed by atoms with Crippen LogP contribution in [0.4, 0.5) is 20.2 Å². The lowest BCUT2D eigenvalue weighted by Gasteiger charge is -2.32. The fraction of sp³-hybridized carbons (Fsp3) is 0.538. The van der Waals surface area contributed by atoms with E-state index in [1.807, 2.05) is 0 Å². The predicted octanol–water partition coefficient (Wildman–Crippen LogP) is 1.68. The van der Waals surface area contributed by atoms with Crippen LogP contribution in [0.1, 0.15) is 6.92 Å². The molecule has 4 nitrogen and oxygen atoms in total. The number of anilines is 2. The number of halogens is 2. The largest absolute Gasteiger partial charge is 0.399 e. The zero-order valence-electron chi connectivity index (χ0n) is 11.0. The molecule has 0 amide bonds. The maximum atomic E-state index is 13.6. The van der Waals surface area contributed by atoms with Crippen LogP contribution in [-0.4, -0.2) is 43.8 Å². The number of nitrogen functional groups attached to an aromatic ring is 1. The summed E-state index contributed by atoms with van der Waals surface area (Å²) < 4.78 is 32.7. The Morgan fingerprint density at radius 2 is 2.11 bits per heavy atom. The average molecular weight is 271 g/mol. The summed E-state index contributed by atoms with van der Waals surface area (Å²) in [5, 5.41) is 2.77. The minimum atomic E-state index is -0.680. The fourth-order valence-electron chi connectivity index (χ4n) is 2.17. The Morgan fingerprint density at radius 1 is 1.42 bits per heavy atom. The van der Waals surface area contributed by atoms with Gasteiger partial charge in [-0.15, -0.1) is 0 Å².